The van der Waals surface area contributed by atoms with Crippen LogP contribution >= 0.6 is 11.6 Å². The molecule has 1 aromatic heterocycles. The number of sulfonamides is 1. The third-order valence-corrected chi connectivity index (χ3v) is 5.75. The molecule has 0 spiro atoms. The molecule has 1 atom stereocenters. The zero-order valence-electron chi connectivity index (χ0n) is 16.2. The van der Waals surface area contributed by atoms with E-state index in [1.54, 1.807) is 18.2 Å². The smallest absolute Gasteiger partial charge is 0.307 e. The number of amides is 1. The lowest BCUT2D eigenvalue weighted by Gasteiger charge is -2.13. The van der Waals surface area contributed by atoms with Crippen LogP contribution in [0, 0.1) is 13.8 Å². The highest BCUT2D eigenvalue weighted by Gasteiger charge is 2.19. The number of hydrogen-bond donors (Lipinski definition) is 2. The number of anilines is 1. The number of nitrogens with one attached hydrogen (secondary N) is 2. The molecule has 1 aromatic carbocycles. The monoisotopic (exact) mass is 439 g/mol. The Hall–Kier alpha value is -2.49. The van der Waals surface area contributed by atoms with E-state index in [1.807, 2.05) is 13.8 Å². The second kappa shape index (κ2) is 9.82. The molecule has 2 aromatic rings. The van der Waals surface area contributed by atoms with Gasteiger partial charge < -0.3 is 10.1 Å². The van der Waals surface area contributed by atoms with Gasteiger partial charge in [0, 0.05) is 12.7 Å². The fourth-order valence-electron chi connectivity index (χ4n) is 2.24. The van der Waals surface area contributed by atoms with Gasteiger partial charge in [-0.2, -0.15) is 0 Å². The van der Waals surface area contributed by atoms with Gasteiger partial charge in [0.15, 0.2) is 6.10 Å². The van der Waals surface area contributed by atoms with Gasteiger partial charge in [0.2, 0.25) is 10.0 Å². The molecule has 0 unspecified atom stereocenters. The molecule has 2 N–H and O–H groups in total. The molecule has 0 aliphatic carbocycles. The van der Waals surface area contributed by atoms with E-state index in [1.165, 1.54) is 25.3 Å². The lowest BCUT2D eigenvalue weighted by Crippen LogP contribution is -2.32. The molecule has 0 saturated carbocycles. The normalized spacial score (nSPS) is 12.3. The van der Waals surface area contributed by atoms with Crippen LogP contribution in [-0.4, -0.2) is 37.9 Å². The van der Waals surface area contributed by atoms with Crippen molar-refractivity contribution < 1.29 is 22.7 Å². The van der Waals surface area contributed by atoms with Crippen LogP contribution in [0.2, 0.25) is 5.02 Å². The molecule has 0 saturated heterocycles. The number of esters is 1. The van der Waals surface area contributed by atoms with Crippen molar-refractivity contribution in [1.82, 2.24) is 9.71 Å². The number of hydrogen-bond acceptors (Lipinski definition) is 6. The summed E-state index contributed by atoms with van der Waals surface area (Å²) < 4.78 is 32.0. The number of nitrogens with zero attached hydrogens (tertiary/aromatic N) is 1. The summed E-state index contributed by atoms with van der Waals surface area (Å²) in [7, 11) is -3.74. The first kappa shape index (κ1) is 22.8. The first-order valence-corrected chi connectivity index (χ1v) is 10.6. The summed E-state index contributed by atoms with van der Waals surface area (Å²) in [6.07, 6.45) is 0.0764. The van der Waals surface area contributed by atoms with Crippen LogP contribution in [0.3, 0.4) is 0 Å². The summed E-state index contributed by atoms with van der Waals surface area (Å²) in [6, 6.07) is 7.85. The van der Waals surface area contributed by atoms with Crippen molar-refractivity contribution in [1.29, 1.82) is 0 Å². The minimum absolute atomic E-state index is 0.122. The topological polar surface area (TPSA) is 114 Å². The number of halogens is 1. The Bertz CT molecular complexity index is 993. The molecule has 1 heterocycles. The van der Waals surface area contributed by atoms with Gasteiger partial charge in [-0.15, -0.1) is 0 Å². The highest BCUT2D eigenvalue weighted by Crippen LogP contribution is 2.14. The van der Waals surface area contributed by atoms with Crippen molar-refractivity contribution in [3.63, 3.8) is 0 Å². The number of rotatable bonds is 8. The fourth-order valence-corrected chi connectivity index (χ4v) is 3.47. The lowest BCUT2D eigenvalue weighted by atomic mass is 10.1. The van der Waals surface area contributed by atoms with E-state index >= 15 is 0 Å². The van der Waals surface area contributed by atoms with E-state index in [4.69, 9.17) is 16.3 Å². The van der Waals surface area contributed by atoms with E-state index < -0.39 is 28.0 Å². The van der Waals surface area contributed by atoms with E-state index in [2.05, 4.69) is 15.0 Å². The molecular weight excluding hydrogens is 418 g/mol. The molecule has 8 nitrogen and oxygen atoms in total. The average molecular weight is 440 g/mol. The molecule has 10 heteroatoms. The van der Waals surface area contributed by atoms with Gasteiger partial charge in [-0.1, -0.05) is 17.7 Å². The Kier molecular flexibility index (Phi) is 7.72. The molecule has 0 radical (unpaired) electrons. The van der Waals surface area contributed by atoms with Crippen molar-refractivity contribution in [2.45, 2.75) is 38.2 Å². The standard InChI is InChI=1S/C19H22ClN3O5S/c1-12-4-6-16(10-13(12)2)29(26,27)22-9-8-18(24)28-14(3)19(25)23-17-7-5-15(20)11-21-17/h4-7,10-11,14,22H,8-9H2,1-3H3,(H,21,23,25)/t14-/m1/s1. The van der Waals surface area contributed by atoms with Crippen molar-refractivity contribution in [2.75, 3.05) is 11.9 Å². The summed E-state index contributed by atoms with van der Waals surface area (Å²) in [5.74, 6) is -1.01. The number of benzene rings is 1. The summed E-state index contributed by atoms with van der Waals surface area (Å²) in [5, 5.41) is 2.91. The molecule has 156 valence electrons. The molecule has 2 rings (SSSR count). The highest BCUT2D eigenvalue weighted by molar-refractivity contribution is 7.89. The van der Waals surface area contributed by atoms with Gasteiger partial charge >= 0.3 is 5.97 Å². The van der Waals surface area contributed by atoms with Crippen LogP contribution in [0.4, 0.5) is 5.82 Å². The van der Waals surface area contributed by atoms with Crippen molar-refractivity contribution >= 4 is 39.3 Å². The number of pyridine rings is 1. The zero-order chi connectivity index (χ0) is 21.6. The number of carbonyl (C=O) groups is 2. The number of carbonyl (C=O) groups excluding carboxylic acids is 2. The molecule has 1 amide bonds. The first-order chi connectivity index (χ1) is 13.6. The van der Waals surface area contributed by atoms with Crippen LogP contribution in [0.25, 0.3) is 0 Å². The molecule has 0 aliphatic heterocycles. The number of aromatic nitrogens is 1. The zero-order valence-corrected chi connectivity index (χ0v) is 17.8. The van der Waals surface area contributed by atoms with Gasteiger partial charge in [-0.25, -0.2) is 18.1 Å². The summed E-state index contributed by atoms with van der Waals surface area (Å²) in [6.45, 7) is 4.96. The van der Waals surface area contributed by atoms with Crippen LogP contribution in [0.1, 0.15) is 24.5 Å². The first-order valence-electron chi connectivity index (χ1n) is 8.77. The van der Waals surface area contributed by atoms with Crippen LogP contribution < -0.4 is 10.0 Å². The Morgan fingerprint density at radius 1 is 1.17 bits per heavy atom. The van der Waals surface area contributed by atoms with Crippen molar-refractivity contribution in [2.24, 2.45) is 0 Å². The summed E-state index contributed by atoms with van der Waals surface area (Å²) >= 11 is 5.72. The quantitative estimate of drug-likeness (QED) is 0.611. The van der Waals surface area contributed by atoms with E-state index in [0.29, 0.717) is 5.02 Å². The van der Waals surface area contributed by atoms with E-state index in [-0.39, 0.29) is 23.7 Å². The Morgan fingerprint density at radius 3 is 2.52 bits per heavy atom. The molecule has 0 aliphatic rings. The molecule has 0 bridgehead atoms. The molecule has 0 fully saturated rings. The second-order valence-electron chi connectivity index (χ2n) is 6.38. The van der Waals surface area contributed by atoms with Gasteiger partial charge in [-0.05, 0) is 56.2 Å². The Labute approximate surface area is 174 Å². The predicted molar refractivity (Wildman–Crippen MR) is 109 cm³/mol. The average Bonchev–Trinajstić information content (AvgIpc) is 2.65. The maximum atomic E-state index is 12.3. The largest absolute Gasteiger partial charge is 0.452 e. The Morgan fingerprint density at radius 2 is 1.90 bits per heavy atom. The third kappa shape index (κ3) is 6.81. The Balaban J connectivity index is 1.81. The van der Waals surface area contributed by atoms with Crippen molar-refractivity contribution in [3.8, 4) is 0 Å². The molecule has 29 heavy (non-hydrogen) atoms. The predicted octanol–water partition coefficient (Wildman–Crippen LogP) is 2.59. The number of ether oxygens (including phenoxy) is 1. The maximum Gasteiger partial charge on any atom is 0.307 e. The summed E-state index contributed by atoms with van der Waals surface area (Å²) in [5.41, 5.74) is 1.83. The number of aryl methyl sites for hydroxylation is 2. The minimum atomic E-state index is -3.74. The van der Waals surface area contributed by atoms with Crippen LogP contribution in [-0.2, 0) is 24.3 Å². The maximum absolute atomic E-state index is 12.3. The third-order valence-electron chi connectivity index (χ3n) is 4.07. The highest BCUT2D eigenvalue weighted by atomic mass is 35.5. The second-order valence-corrected chi connectivity index (χ2v) is 8.58. The summed E-state index contributed by atoms with van der Waals surface area (Å²) in [4.78, 5) is 28.0. The van der Waals surface area contributed by atoms with Gasteiger partial charge in [0.25, 0.3) is 5.91 Å². The molecular formula is C19H22ClN3O5S. The van der Waals surface area contributed by atoms with E-state index in [9.17, 15) is 18.0 Å². The van der Waals surface area contributed by atoms with E-state index in [0.717, 1.165) is 11.1 Å². The van der Waals surface area contributed by atoms with Gasteiger partial charge in [0.1, 0.15) is 5.82 Å². The van der Waals surface area contributed by atoms with Crippen LogP contribution in [0.5, 0.6) is 0 Å². The lowest BCUT2D eigenvalue weighted by molar-refractivity contribution is -0.152. The SMILES string of the molecule is Cc1ccc(S(=O)(=O)NCCC(=O)O[C@H](C)C(=O)Nc2ccc(Cl)cn2)cc1C. The fraction of sp³-hybridized carbons (Fsp3) is 0.316. The van der Waals surface area contributed by atoms with Gasteiger partial charge in [0.05, 0.1) is 16.3 Å². The minimum Gasteiger partial charge on any atom is -0.452 e. The van der Waals surface area contributed by atoms with Crippen LogP contribution in [0.15, 0.2) is 41.4 Å². The van der Waals surface area contributed by atoms with Gasteiger partial charge in [-0.3, -0.25) is 9.59 Å². The van der Waals surface area contributed by atoms with Crippen molar-refractivity contribution in [3.05, 3.63) is 52.7 Å².